The van der Waals surface area contributed by atoms with Crippen LogP contribution in [-0.4, -0.2) is 43.2 Å². The molecule has 2 aromatic carbocycles. The summed E-state index contributed by atoms with van der Waals surface area (Å²) in [6.45, 7) is 6.91. The van der Waals surface area contributed by atoms with Gasteiger partial charge in [-0.05, 0) is 29.7 Å². The minimum absolute atomic E-state index is 0.0834. The number of nitrogens with zero attached hydrogens (tertiary/aromatic N) is 1. The number of hydrogen-bond acceptors (Lipinski definition) is 4. The maximum absolute atomic E-state index is 12.5. The molecule has 1 N–H and O–H groups in total. The van der Waals surface area contributed by atoms with E-state index in [0.29, 0.717) is 18.7 Å². The minimum atomic E-state index is -0.482. The van der Waals surface area contributed by atoms with Crippen LogP contribution < -0.4 is 10.1 Å². The molecule has 1 aliphatic rings. The first-order valence-electron chi connectivity index (χ1n) is 9.62. The zero-order chi connectivity index (χ0) is 18.9. The molecule has 1 amide bonds. The molecule has 5 heteroatoms. The fourth-order valence-electron chi connectivity index (χ4n) is 3.14. The van der Waals surface area contributed by atoms with E-state index in [1.807, 2.05) is 43.3 Å². The summed E-state index contributed by atoms with van der Waals surface area (Å²) < 4.78 is 11.2. The zero-order valence-electron chi connectivity index (χ0n) is 15.9. The van der Waals surface area contributed by atoms with Crippen LogP contribution in [0.15, 0.2) is 54.6 Å². The Balaban J connectivity index is 1.52. The third-order valence-electron chi connectivity index (χ3n) is 4.65. The lowest BCUT2D eigenvalue weighted by atomic mass is 10.1. The van der Waals surface area contributed by atoms with Gasteiger partial charge in [-0.2, -0.15) is 0 Å². The van der Waals surface area contributed by atoms with Gasteiger partial charge in [0.05, 0.1) is 13.2 Å². The van der Waals surface area contributed by atoms with Gasteiger partial charge in [0.1, 0.15) is 5.75 Å². The number of hydrogen-bond donors (Lipinski definition) is 1. The molecular formula is C22H28N2O3. The average molecular weight is 368 g/mol. The van der Waals surface area contributed by atoms with E-state index in [1.54, 1.807) is 0 Å². The summed E-state index contributed by atoms with van der Waals surface area (Å²) in [7, 11) is 0. The molecule has 0 radical (unpaired) electrons. The fraction of sp³-hybridized carbons (Fsp3) is 0.409. The Morgan fingerprint density at radius 1 is 1.11 bits per heavy atom. The van der Waals surface area contributed by atoms with E-state index in [1.165, 1.54) is 5.56 Å². The molecule has 0 spiro atoms. The topological polar surface area (TPSA) is 50.8 Å². The van der Waals surface area contributed by atoms with E-state index in [-0.39, 0.29) is 5.91 Å². The monoisotopic (exact) mass is 368 g/mol. The van der Waals surface area contributed by atoms with Crippen molar-refractivity contribution in [2.75, 3.05) is 26.3 Å². The summed E-state index contributed by atoms with van der Waals surface area (Å²) in [5.74, 6) is 0.631. The molecule has 0 aliphatic carbocycles. The molecule has 0 aromatic heterocycles. The molecule has 1 atom stereocenters. The van der Waals surface area contributed by atoms with Crippen molar-refractivity contribution >= 4 is 5.91 Å². The third kappa shape index (κ3) is 6.08. The highest BCUT2D eigenvalue weighted by atomic mass is 16.5. The van der Waals surface area contributed by atoms with Crippen molar-refractivity contribution in [1.29, 1.82) is 0 Å². The summed E-state index contributed by atoms with van der Waals surface area (Å²) in [4.78, 5) is 14.9. The van der Waals surface area contributed by atoms with Gasteiger partial charge in [-0.15, -0.1) is 0 Å². The van der Waals surface area contributed by atoms with E-state index in [4.69, 9.17) is 9.47 Å². The van der Waals surface area contributed by atoms with Gasteiger partial charge in [0.25, 0.3) is 5.91 Å². The summed E-state index contributed by atoms with van der Waals surface area (Å²) in [6, 6.07) is 17.9. The predicted molar refractivity (Wildman–Crippen MR) is 106 cm³/mol. The summed E-state index contributed by atoms with van der Waals surface area (Å²) in [6.07, 6.45) is 0.140. The van der Waals surface area contributed by atoms with E-state index >= 15 is 0 Å². The van der Waals surface area contributed by atoms with Crippen molar-refractivity contribution in [2.24, 2.45) is 0 Å². The Bertz CT molecular complexity index is 715. The van der Waals surface area contributed by atoms with E-state index in [0.717, 1.165) is 38.4 Å². The summed E-state index contributed by atoms with van der Waals surface area (Å²) >= 11 is 0. The van der Waals surface area contributed by atoms with Gasteiger partial charge in [-0.3, -0.25) is 9.69 Å². The molecule has 27 heavy (non-hydrogen) atoms. The maximum Gasteiger partial charge on any atom is 0.261 e. The average Bonchev–Trinajstić information content (AvgIpc) is 2.72. The number of morpholine rings is 1. The van der Waals surface area contributed by atoms with Crippen molar-refractivity contribution in [3.63, 3.8) is 0 Å². The number of benzene rings is 2. The van der Waals surface area contributed by atoms with Crippen LogP contribution in [0, 0.1) is 0 Å². The molecule has 1 saturated heterocycles. The van der Waals surface area contributed by atoms with Crippen LogP contribution in [-0.2, 0) is 22.6 Å². The van der Waals surface area contributed by atoms with Crippen molar-refractivity contribution in [2.45, 2.75) is 32.5 Å². The van der Waals surface area contributed by atoms with E-state index < -0.39 is 6.10 Å². The molecule has 5 nitrogen and oxygen atoms in total. The quantitative estimate of drug-likeness (QED) is 0.778. The Morgan fingerprint density at radius 2 is 1.85 bits per heavy atom. The number of nitrogens with one attached hydrogen (secondary N) is 1. The van der Waals surface area contributed by atoms with Crippen molar-refractivity contribution in [1.82, 2.24) is 10.2 Å². The van der Waals surface area contributed by atoms with Crippen molar-refractivity contribution in [3.05, 3.63) is 65.7 Å². The summed E-state index contributed by atoms with van der Waals surface area (Å²) in [5.41, 5.74) is 2.36. The first-order valence-corrected chi connectivity index (χ1v) is 9.62. The Morgan fingerprint density at radius 3 is 2.59 bits per heavy atom. The summed E-state index contributed by atoms with van der Waals surface area (Å²) in [5, 5.41) is 3.00. The highest BCUT2D eigenvalue weighted by Crippen LogP contribution is 2.13. The standard InChI is InChI=1S/C22H28N2O3/c1-2-21(27-20-9-4-3-5-10-20)22(25)23-16-18-7-6-8-19(15-18)17-24-11-13-26-14-12-24/h3-10,15,21H,2,11-14,16-17H2,1H3,(H,23,25)/t21-/m0/s1. The third-order valence-corrected chi connectivity index (χ3v) is 4.65. The Labute approximate surface area is 161 Å². The van der Waals surface area contributed by atoms with Gasteiger partial charge >= 0.3 is 0 Å². The molecule has 2 aromatic rings. The highest BCUT2D eigenvalue weighted by molar-refractivity contribution is 5.81. The highest BCUT2D eigenvalue weighted by Gasteiger charge is 2.18. The molecule has 0 saturated carbocycles. The van der Waals surface area contributed by atoms with Crippen LogP contribution in [0.25, 0.3) is 0 Å². The lowest BCUT2D eigenvalue weighted by molar-refractivity contribution is -0.128. The minimum Gasteiger partial charge on any atom is -0.481 e. The first-order chi connectivity index (χ1) is 13.2. The smallest absolute Gasteiger partial charge is 0.261 e. The van der Waals surface area contributed by atoms with Gasteiger partial charge < -0.3 is 14.8 Å². The maximum atomic E-state index is 12.5. The Hall–Kier alpha value is -2.37. The molecule has 0 unspecified atom stereocenters. The molecule has 1 fully saturated rings. The molecule has 0 bridgehead atoms. The van der Waals surface area contributed by atoms with Crippen LogP contribution in [0.4, 0.5) is 0 Å². The van der Waals surface area contributed by atoms with Crippen LogP contribution in [0.1, 0.15) is 24.5 Å². The molecule has 3 rings (SSSR count). The second kappa shape index (κ2) is 10.1. The van der Waals surface area contributed by atoms with Gasteiger partial charge in [0.2, 0.25) is 0 Å². The number of carbonyl (C=O) groups is 1. The lowest BCUT2D eigenvalue weighted by Crippen LogP contribution is -2.37. The molecule has 144 valence electrons. The second-order valence-corrected chi connectivity index (χ2v) is 6.75. The fourth-order valence-corrected chi connectivity index (χ4v) is 3.14. The van der Waals surface area contributed by atoms with Crippen molar-refractivity contribution < 1.29 is 14.3 Å². The molecular weight excluding hydrogens is 340 g/mol. The number of rotatable bonds is 8. The predicted octanol–water partition coefficient (Wildman–Crippen LogP) is 2.99. The van der Waals surface area contributed by atoms with E-state index in [9.17, 15) is 4.79 Å². The number of para-hydroxylation sites is 1. The van der Waals surface area contributed by atoms with Crippen molar-refractivity contribution in [3.8, 4) is 5.75 Å². The first kappa shape index (κ1) is 19.4. The van der Waals surface area contributed by atoms with Gasteiger partial charge in [-0.1, -0.05) is 49.4 Å². The SMILES string of the molecule is CC[C@H](Oc1ccccc1)C(=O)NCc1cccc(CN2CCOCC2)c1. The largest absolute Gasteiger partial charge is 0.481 e. The lowest BCUT2D eigenvalue weighted by Gasteiger charge is -2.26. The normalized spacial score (nSPS) is 15.9. The van der Waals surface area contributed by atoms with Crippen LogP contribution in [0.3, 0.4) is 0 Å². The van der Waals surface area contributed by atoms with Crippen LogP contribution >= 0.6 is 0 Å². The zero-order valence-corrected chi connectivity index (χ0v) is 15.9. The van der Waals surface area contributed by atoms with Crippen LogP contribution in [0.2, 0.25) is 0 Å². The van der Waals surface area contributed by atoms with E-state index in [2.05, 4.69) is 28.4 Å². The second-order valence-electron chi connectivity index (χ2n) is 6.75. The number of carbonyl (C=O) groups excluding carboxylic acids is 1. The van der Waals surface area contributed by atoms with Gasteiger partial charge in [-0.25, -0.2) is 0 Å². The number of amides is 1. The Kier molecular flexibility index (Phi) is 7.25. The van der Waals surface area contributed by atoms with Crippen LogP contribution in [0.5, 0.6) is 5.75 Å². The number of ether oxygens (including phenoxy) is 2. The molecule has 1 heterocycles. The molecule has 1 aliphatic heterocycles. The van der Waals surface area contributed by atoms with Gasteiger partial charge in [0.15, 0.2) is 6.10 Å². The van der Waals surface area contributed by atoms with Gasteiger partial charge in [0, 0.05) is 26.2 Å².